The molecule has 2 aromatic rings. The van der Waals surface area contributed by atoms with Gasteiger partial charge in [0.1, 0.15) is 17.3 Å². The predicted molar refractivity (Wildman–Crippen MR) is 123 cm³/mol. The first-order valence-electron chi connectivity index (χ1n) is 10.7. The minimum Gasteiger partial charge on any atom is -0.507 e. The lowest BCUT2D eigenvalue weighted by molar-refractivity contribution is -0.140. The Morgan fingerprint density at radius 2 is 1.81 bits per heavy atom. The van der Waals surface area contributed by atoms with E-state index in [2.05, 4.69) is 0 Å². The van der Waals surface area contributed by atoms with Gasteiger partial charge >= 0.3 is 0 Å². The Kier molecular flexibility index (Phi) is 7.53. The van der Waals surface area contributed by atoms with Crippen LogP contribution in [0.3, 0.4) is 0 Å². The number of ketones is 1. The van der Waals surface area contributed by atoms with Crippen molar-refractivity contribution >= 4 is 17.4 Å². The topological polar surface area (TPSA) is 79.3 Å². The van der Waals surface area contributed by atoms with E-state index in [-0.39, 0.29) is 11.3 Å². The van der Waals surface area contributed by atoms with E-state index in [1.807, 2.05) is 38.1 Å². The van der Waals surface area contributed by atoms with E-state index < -0.39 is 17.7 Å². The molecule has 1 N–H and O–H groups in total. The van der Waals surface area contributed by atoms with Gasteiger partial charge in [-0.1, -0.05) is 31.2 Å². The molecule has 1 heterocycles. The molecule has 2 aromatic carbocycles. The highest BCUT2D eigenvalue weighted by Crippen LogP contribution is 2.40. The van der Waals surface area contributed by atoms with Gasteiger partial charge in [0.25, 0.3) is 11.7 Å². The molecule has 0 saturated carbocycles. The minimum atomic E-state index is -0.693. The zero-order chi connectivity index (χ0) is 23.3. The van der Waals surface area contributed by atoms with Crippen LogP contribution in [-0.4, -0.2) is 67.5 Å². The Labute approximate surface area is 188 Å². The van der Waals surface area contributed by atoms with E-state index >= 15 is 0 Å². The van der Waals surface area contributed by atoms with Gasteiger partial charge in [0.05, 0.1) is 25.3 Å². The van der Waals surface area contributed by atoms with Crippen molar-refractivity contribution in [3.05, 3.63) is 65.2 Å². The number of rotatable bonds is 9. The summed E-state index contributed by atoms with van der Waals surface area (Å²) in [5.41, 5.74) is 1.23. The summed E-state index contributed by atoms with van der Waals surface area (Å²) in [6, 6.07) is 13.4. The summed E-state index contributed by atoms with van der Waals surface area (Å²) in [6.07, 6.45) is 0.852. The van der Waals surface area contributed by atoms with Crippen LogP contribution in [0, 0.1) is 0 Å². The standard InChI is InChI=1S/C25H30N2O5/c1-5-15-32-20-8-6-7-18(16-20)23(28)21-22(17-9-11-19(31-4)12-10-17)27(14-13-26(2)3)25(30)24(21)29/h6-12,16,22,28H,5,13-15H2,1-4H3/b23-21+. The Hall–Kier alpha value is -3.32. The molecule has 1 atom stereocenters. The maximum Gasteiger partial charge on any atom is 0.295 e. The summed E-state index contributed by atoms with van der Waals surface area (Å²) in [7, 11) is 5.38. The van der Waals surface area contributed by atoms with Crippen molar-refractivity contribution in [2.45, 2.75) is 19.4 Å². The number of ether oxygens (including phenoxy) is 2. The highest BCUT2D eigenvalue weighted by Gasteiger charge is 2.45. The van der Waals surface area contributed by atoms with Crippen molar-refractivity contribution < 1.29 is 24.2 Å². The van der Waals surface area contributed by atoms with Gasteiger partial charge in [-0.05, 0) is 50.3 Å². The molecule has 1 saturated heterocycles. The molecule has 7 heteroatoms. The van der Waals surface area contributed by atoms with E-state index in [0.717, 1.165) is 12.0 Å². The molecule has 0 spiro atoms. The third-order valence-electron chi connectivity index (χ3n) is 5.34. The van der Waals surface area contributed by atoms with Crippen LogP contribution >= 0.6 is 0 Å². The molecule has 3 rings (SSSR count). The molecule has 0 aromatic heterocycles. The van der Waals surface area contributed by atoms with Gasteiger partial charge in [-0.25, -0.2) is 0 Å². The zero-order valence-corrected chi connectivity index (χ0v) is 19.0. The molecule has 7 nitrogen and oxygen atoms in total. The third-order valence-corrected chi connectivity index (χ3v) is 5.34. The number of hydrogen-bond acceptors (Lipinski definition) is 6. The van der Waals surface area contributed by atoms with E-state index in [1.165, 1.54) is 4.90 Å². The highest BCUT2D eigenvalue weighted by atomic mass is 16.5. The average molecular weight is 439 g/mol. The summed E-state index contributed by atoms with van der Waals surface area (Å²) in [5.74, 6) is -0.258. The van der Waals surface area contributed by atoms with Crippen molar-refractivity contribution in [2.75, 3.05) is 40.9 Å². The Balaban J connectivity index is 2.09. The number of hydrogen-bond donors (Lipinski definition) is 1. The number of amides is 1. The van der Waals surface area contributed by atoms with Gasteiger partial charge in [0, 0.05) is 18.7 Å². The van der Waals surface area contributed by atoms with Gasteiger partial charge in [-0.15, -0.1) is 0 Å². The summed E-state index contributed by atoms with van der Waals surface area (Å²) in [5, 5.41) is 11.2. The number of nitrogens with zero attached hydrogens (tertiary/aromatic N) is 2. The lowest BCUT2D eigenvalue weighted by atomic mass is 9.95. The second kappa shape index (κ2) is 10.3. The Morgan fingerprint density at radius 3 is 2.44 bits per heavy atom. The van der Waals surface area contributed by atoms with Crippen LogP contribution in [0.4, 0.5) is 0 Å². The molecule has 170 valence electrons. The van der Waals surface area contributed by atoms with Crippen molar-refractivity contribution in [1.29, 1.82) is 0 Å². The first kappa shape index (κ1) is 23.3. The van der Waals surface area contributed by atoms with Crippen LogP contribution in [-0.2, 0) is 9.59 Å². The molecular formula is C25H30N2O5. The number of likely N-dealkylation sites (N-methyl/N-ethyl adjacent to an activating group) is 1. The average Bonchev–Trinajstić information content (AvgIpc) is 3.06. The summed E-state index contributed by atoms with van der Waals surface area (Å²) >= 11 is 0. The second-order valence-corrected chi connectivity index (χ2v) is 7.95. The van der Waals surface area contributed by atoms with Crippen molar-refractivity contribution in [2.24, 2.45) is 0 Å². The maximum absolute atomic E-state index is 13.1. The number of aliphatic hydroxyl groups excluding tert-OH is 1. The zero-order valence-electron chi connectivity index (χ0n) is 19.0. The minimum absolute atomic E-state index is 0.0755. The van der Waals surface area contributed by atoms with Gasteiger partial charge in [0.15, 0.2) is 0 Å². The molecule has 1 aliphatic rings. The molecule has 1 aliphatic heterocycles. The molecule has 1 fully saturated rings. The molecule has 32 heavy (non-hydrogen) atoms. The lowest BCUT2D eigenvalue weighted by Gasteiger charge is -2.26. The summed E-state index contributed by atoms with van der Waals surface area (Å²) < 4.78 is 10.9. The van der Waals surface area contributed by atoms with Crippen molar-refractivity contribution in [3.8, 4) is 11.5 Å². The van der Waals surface area contributed by atoms with E-state index in [0.29, 0.717) is 36.8 Å². The van der Waals surface area contributed by atoms with Crippen molar-refractivity contribution in [1.82, 2.24) is 9.80 Å². The van der Waals surface area contributed by atoms with Gasteiger partial charge in [-0.2, -0.15) is 0 Å². The van der Waals surface area contributed by atoms with Crippen LogP contribution in [0.25, 0.3) is 5.76 Å². The fourth-order valence-corrected chi connectivity index (χ4v) is 3.66. The van der Waals surface area contributed by atoms with E-state index in [1.54, 1.807) is 43.5 Å². The Morgan fingerprint density at radius 1 is 1.09 bits per heavy atom. The highest BCUT2D eigenvalue weighted by molar-refractivity contribution is 6.46. The second-order valence-electron chi connectivity index (χ2n) is 7.95. The van der Waals surface area contributed by atoms with E-state index in [9.17, 15) is 14.7 Å². The van der Waals surface area contributed by atoms with Gasteiger partial charge in [0.2, 0.25) is 0 Å². The monoisotopic (exact) mass is 438 g/mol. The number of methoxy groups -OCH3 is 1. The lowest BCUT2D eigenvalue weighted by Crippen LogP contribution is -2.35. The van der Waals surface area contributed by atoms with Crippen LogP contribution in [0.2, 0.25) is 0 Å². The largest absolute Gasteiger partial charge is 0.507 e. The van der Waals surface area contributed by atoms with Crippen LogP contribution in [0.15, 0.2) is 54.1 Å². The van der Waals surface area contributed by atoms with Crippen LogP contribution in [0.5, 0.6) is 11.5 Å². The molecular weight excluding hydrogens is 408 g/mol. The molecule has 0 bridgehead atoms. The SMILES string of the molecule is CCCOc1cccc(/C(O)=C2\C(=O)C(=O)N(CCN(C)C)C2c2ccc(OC)cc2)c1. The first-order chi connectivity index (χ1) is 15.4. The predicted octanol–water partition coefficient (Wildman–Crippen LogP) is 3.47. The third kappa shape index (κ3) is 4.94. The quantitative estimate of drug-likeness (QED) is 0.367. The van der Waals surface area contributed by atoms with Crippen molar-refractivity contribution in [3.63, 3.8) is 0 Å². The smallest absolute Gasteiger partial charge is 0.295 e. The fourth-order valence-electron chi connectivity index (χ4n) is 3.66. The first-order valence-corrected chi connectivity index (χ1v) is 10.7. The Bertz CT molecular complexity index is 998. The molecule has 0 aliphatic carbocycles. The maximum atomic E-state index is 13.1. The fraction of sp³-hybridized carbons (Fsp3) is 0.360. The number of aliphatic hydroxyl groups is 1. The number of Topliss-reactive ketones (excluding diaryl/α,β-unsaturated/α-hetero) is 1. The normalized spacial score (nSPS) is 17.8. The summed E-state index contributed by atoms with van der Waals surface area (Å²) in [6.45, 7) is 3.49. The number of likely N-dealkylation sites (tertiary alicyclic amines) is 1. The van der Waals surface area contributed by atoms with Gasteiger partial charge in [-0.3, -0.25) is 9.59 Å². The number of carbonyl (C=O) groups excluding carboxylic acids is 2. The molecule has 1 amide bonds. The van der Waals surface area contributed by atoms with Crippen LogP contribution < -0.4 is 9.47 Å². The molecule has 1 unspecified atom stereocenters. The molecule has 0 radical (unpaired) electrons. The van der Waals surface area contributed by atoms with Crippen LogP contribution in [0.1, 0.15) is 30.5 Å². The van der Waals surface area contributed by atoms with Gasteiger partial charge < -0.3 is 24.4 Å². The number of carbonyl (C=O) groups is 2. The van der Waals surface area contributed by atoms with E-state index in [4.69, 9.17) is 9.47 Å². The number of benzene rings is 2. The summed E-state index contributed by atoms with van der Waals surface area (Å²) in [4.78, 5) is 29.5.